The van der Waals surface area contributed by atoms with Gasteiger partial charge in [0.05, 0.1) is 32.5 Å². The van der Waals surface area contributed by atoms with Crippen LogP contribution in [0, 0.1) is 11.8 Å². The van der Waals surface area contributed by atoms with Crippen LogP contribution < -0.4 is 10.6 Å². The summed E-state index contributed by atoms with van der Waals surface area (Å²) in [6.07, 6.45) is 5.73. The third-order valence-electron chi connectivity index (χ3n) is 10.4. The van der Waals surface area contributed by atoms with Gasteiger partial charge in [0.1, 0.15) is 12.6 Å². The van der Waals surface area contributed by atoms with E-state index < -0.39 is 6.04 Å². The van der Waals surface area contributed by atoms with Crippen LogP contribution in [0.15, 0.2) is 0 Å². The summed E-state index contributed by atoms with van der Waals surface area (Å²) in [5, 5.41) is 6.73. The second-order valence-corrected chi connectivity index (χ2v) is 13.6. The van der Waals surface area contributed by atoms with Gasteiger partial charge in [-0.15, -0.1) is 0 Å². The van der Waals surface area contributed by atoms with E-state index in [1.807, 2.05) is 4.90 Å². The van der Waals surface area contributed by atoms with Crippen molar-refractivity contribution in [3.63, 3.8) is 0 Å². The van der Waals surface area contributed by atoms with Gasteiger partial charge in [0, 0.05) is 64.8 Å². The fraction of sp³-hybridized carbons (Fsp3) is 0.875. The smallest absolute Gasteiger partial charge is 0.248 e. The third kappa shape index (κ3) is 9.15. The molecule has 0 aliphatic carbocycles. The first-order valence-corrected chi connectivity index (χ1v) is 17.1. The highest BCUT2D eigenvalue weighted by Gasteiger charge is 2.43. The van der Waals surface area contributed by atoms with E-state index >= 15 is 0 Å². The number of methoxy groups -OCH3 is 1. The number of carbonyl (C=O) groups excluding carboxylic acids is 4. The number of nitrogens with zero attached hydrogens (tertiary/aromatic N) is 4. The van der Waals surface area contributed by atoms with Crippen LogP contribution in [0.4, 0.5) is 0 Å². The molecule has 0 radical (unpaired) electrons. The van der Waals surface area contributed by atoms with Crippen LogP contribution in [0.3, 0.4) is 0 Å². The summed E-state index contributed by atoms with van der Waals surface area (Å²) in [5.41, 5.74) is 0. The zero-order valence-corrected chi connectivity index (χ0v) is 27.3. The maximum absolute atomic E-state index is 14.1. The van der Waals surface area contributed by atoms with Crippen molar-refractivity contribution in [1.82, 2.24) is 30.2 Å². The first-order valence-electron chi connectivity index (χ1n) is 17.1. The van der Waals surface area contributed by atoms with Crippen LogP contribution >= 0.6 is 0 Å². The second kappa shape index (κ2) is 16.5. The summed E-state index contributed by atoms with van der Waals surface area (Å²) >= 11 is 0. The number of hydrogen-bond acceptors (Lipinski definition) is 9. The zero-order valence-electron chi connectivity index (χ0n) is 27.3. The lowest BCUT2D eigenvalue weighted by molar-refractivity contribution is -0.144. The van der Waals surface area contributed by atoms with Crippen molar-refractivity contribution in [3.8, 4) is 0 Å². The highest BCUT2D eigenvalue weighted by molar-refractivity contribution is 5.88. The number of ether oxygens (including phenoxy) is 3. The monoisotopic (exact) mass is 634 g/mol. The molecule has 5 saturated heterocycles. The van der Waals surface area contributed by atoms with Crippen molar-refractivity contribution >= 4 is 23.6 Å². The van der Waals surface area contributed by atoms with Gasteiger partial charge in [0.15, 0.2) is 0 Å². The molecule has 0 aromatic heterocycles. The first kappa shape index (κ1) is 34.0. The Hall–Kier alpha value is -2.32. The van der Waals surface area contributed by atoms with Gasteiger partial charge in [-0.05, 0) is 70.5 Å². The van der Waals surface area contributed by atoms with Gasteiger partial charge in [0.2, 0.25) is 23.6 Å². The van der Waals surface area contributed by atoms with Gasteiger partial charge in [0.25, 0.3) is 0 Å². The number of hydrogen-bond donors (Lipinski definition) is 2. The van der Waals surface area contributed by atoms with Crippen molar-refractivity contribution in [1.29, 1.82) is 0 Å². The van der Waals surface area contributed by atoms with Gasteiger partial charge in [-0.25, -0.2) is 0 Å². The predicted molar refractivity (Wildman–Crippen MR) is 166 cm³/mol. The number of amides is 4. The topological polar surface area (TPSA) is 133 Å². The number of nitrogens with one attached hydrogen (secondary N) is 2. The van der Waals surface area contributed by atoms with Crippen LogP contribution in [0.25, 0.3) is 0 Å². The molecule has 5 fully saturated rings. The summed E-state index contributed by atoms with van der Waals surface area (Å²) in [5.74, 6) is -0.487. The number of carbonyl (C=O) groups is 4. The molecule has 5 aliphatic rings. The van der Waals surface area contributed by atoms with Crippen LogP contribution in [0.1, 0.15) is 51.4 Å². The predicted octanol–water partition coefficient (Wildman–Crippen LogP) is -0.315. The van der Waals surface area contributed by atoms with Crippen molar-refractivity contribution in [2.24, 2.45) is 11.8 Å². The summed E-state index contributed by atoms with van der Waals surface area (Å²) in [6, 6.07) is -0.0780. The largest absolute Gasteiger partial charge is 0.383 e. The average Bonchev–Trinajstić information content (AvgIpc) is 3.67. The average molecular weight is 635 g/mol. The molecule has 2 bridgehead atoms. The van der Waals surface area contributed by atoms with E-state index in [-0.39, 0.29) is 67.2 Å². The van der Waals surface area contributed by atoms with Gasteiger partial charge < -0.3 is 44.4 Å². The number of likely N-dealkylation sites (tertiary alicyclic amines) is 2. The van der Waals surface area contributed by atoms with Gasteiger partial charge in [-0.3, -0.25) is 19.2 Å². The van der Waals surface area contributed by atoms with Crippen LogP contribution in [-0.2, 0) is 33.4 Å². The van der Waals surface area contributed by atoms with Gasteiger partial charge in [-0.2, -0.15) is 0 Å². The molecule has 13 nitrogen and oxygen atoms in total. The molecule has 0 unspecified atom stereocenters. The summed E-state index contributed by atoms with van der Waals surface area (Å²) in [4.78, 5) is 62.0. The Balaban J connectivity index is 1.31. The van der Waals surface area contributed by atoms with E-state index in [4.69, 9.17) is 14.2 Å². The minimum atomic E-state index is -0.568. The molecule has 2 N–H and O–H groups in total. The van der Waals surface area contributed by atoms with E-state index in [2.05, 4.69) is 22.6 Å². The Morgan fingerprint density at radius 1 is 0.956 bits per heavy atom. The first-order chi connectivity index (χ1) is 21.8. The van der Waals surface area contributed by atoms with E-state index in [9.17, 15) is 19.2 Å². The molecule has 5 atom stereocenters. The zero-order chi connectivity index (χ0) is 31.8. The molecule has 4 amide bonds. The van der Waals surface area contributed by atoms with Crippen molar-refractivity contribution in [3.05, 3.63) is 0 Å². The molecule has 254 valence electrons. The molecule has 0 aromatic rings. The van der Waals surface area contributed by atoms with E-state index in [0.29, 0.717) is 71.3 Å². The lowest BCUT2D eigenvalue weighted by atomic mass is 9.80. The molecule has 0 spiro atoms. The van der Waals surface area contributed by atoms with E-state index in [1.165, 1.54) is 0 Å². The molecule has 5 rings (SSSR count). The SMILES string of the molecule is COC[C@H]1CCCN1C(=O)C[C@@H]1CCN2C[C@@H]1CC(=O)N1C[C@@H](NC3CCN(C)CC3)C[C@H]1C(=O)NCCOCCOCC2=O. The summed E-state index contributed by atoms with van der Waals surface area (Å²) in [7, 11) is 3.80. The Morgan fingerprint density at radius 2 is 1.76 bits per heavy atom. The Kier molecular flexibility index (Phi) is 12.5. The fourth-order valence-electron chi connectivity index (χ4n) is 7.84. The normalized spacial score (nSPS) is 32.0. The van der Waals surface area contributed by atoms with Gasteiger partial charge in [-0.1, -0.05) is 0 Å². The van der Waals surface area contributed by atoms with Crippen molar-refractivity contribution < 1.29 is 33.4 Å². The Labute approximate surface area is 267 Å². The maximum atomic E-state index is 14.1. The molecular weight excluding hydrogens is 580 g/mol. The van der Waals surface area contributed by atoms with Crippen LogP contribution in [0.5, 0.6) is 0 Å². The minimum Gasteiger partial charge on any atom is -0.383 e. The van der Waals surface area contributed by atoms with E-state index in [1.54, 1.807) is 16.9 Å². The van der Waals surface area contributed by atoms with Crippen molar-refractivity contribution in [2.45, 2.75) is 75.5 Å². The fourth-order valence-corrected chi connectivity index (χ4v) is 7.84. The molecule has 0 aromatic carbocycles. The molecule has 5 heterocycles. The Bertz CT molecular complexity index is 1020. The Morgan fingerprint density at radius 3 is 2.56 bits per heavy atom. The lowest BCUT2D eigenvalue weighted by Crippen LogP contribution is -2.50. The number of rotatable bonds is 6. The van der Waals surface area contributed by atoms with Crippen LogP contribution in [-0.4, -0.2) is 160 Å². The summed E-state index contributed by atoms with van der Waals surface area (Å²) in [6.45, 7) is 5.93. The number of piperidine rings is 2. The standard InChI is InChI=1S/C32H54N6O7/c1-35-10-6-25(7-11-35)34-26-18-28-32(42)33-8-13-44-14-15-45-22-31(41)36-12-5-23(24(19-36)17-30(40)38(28)20-26)16-29(39)37-9-3-4-27(37)21-43-2/h23-28,34H,3-22H2,1-2H3,(H,33,42)/t23-,24-,26-,27+,28-/m0/s1. The second-order valence-electron chi connectivity index (χ2n) is 13.6. The van der Waals surface area contributed by atoms with Crippen molar-refractivity contribution in [2.75, 3.05) is 93.0 Å². The molecule has 0 saturated carbocycles. The maximum Gasteiger partial charge on any atom is 0.248 e. The van der Waals surface area contributed by atoms with Crippen LogP contribution in [0.2, 0.25) is 0 Å². The van der Waals surface area contributed by atoms with E-state index in [0.717, 1.165) is 45.3 Å². The third-order valence-corrected chi connectivity index (χ3v) is 10.4. The highest BCUT2D eigenvalue weighted by atomic mass is 16.5. The molecule has 13 heteroatoms. The highest BCUT2D eigenvalue weighted by Crippen LogP contribution is 2.33. The molecule has 45 heavy (non-hydrogen) atoms. The quantitative estimate of drug-likeness (QED) is 0.404. The van der Waals surface area contributed by atoms with Gasteiger partial charge >= 0.3 is 0 Å². The summed E-state index contributed by atoms with van der Waals surface area (Å²) < 4.78 is 16.5. The number of fused-ring (bicyclic) bond motifs is 3. The molecule has 5 aliphatic heterocycles. The lowest BCUT2D eigenvalue weighted by Gasteiger charge is -2.40. The molecular formula is C32H54N6O7. The minimum absolute atomic E-state index is 0.0336.